The maximum atomic E-state index is 6.22. The van der Waals surface area contributed by atoms with Crippen LogP contribution in [0.25, 0.3) is 0 Å². The van der Waals surface area contributed by atoms with Crippen molar-refractivity contribution in [3.05, 3.63) is 30.1 Å². The number of hydrogen-bond acceptors (Lipinski definition) is 2. The van der Waals surface area contributed by atoms with Crippen LogP contribution in [-0.4, -0.2) is 4.98 Å². The molecule has 1 aliphatic rings. The van der Waals surface area contributed by atoms with Crippen molar-refractivity contribution in [3.63, 3.8) is 0 Å². The maximum absolute atomic E-state index is 6.22. The van der Waals surface area contributed by atoms with Gasteiger partial charge in [0, 0.05) is 17.9 Å². The molecule has 0 radical (unpaired) electrons. The first-order chi connectivity index (χ1) is 5.56. The van der Waals surface area contributed by atoms with E-state index >= 15 is 0 Å². The number of hydrogen-bond donors (Lipinski definition) is 1. The Hall–Kier alpha value is -0.890. The third-order valence-electron chi connectivity index (χ3n) is 3.00. The minimum Gasteiger partial charge on any atom is -0.321 e. The molecule has 1 aromatic heterocycles. The van der Waals surface area contributed by atoms with E-state index in [1.54, 1.807) is 12.4 Å². The molecule has 12 heavy (non-hydrogen) atoms. The van der Waals surface area contributed by atoms with Gasteiger partial charge in [-0.25, -0.2) is 0 Å². The molecule has 0 aromatic carbocycles. The fourth-order valence-corrected chi connectivity index (χ4v) is 1.80. The minimum absolute atomic E-state index is 0.101. The molecule has 1 atom stereocenters. The topological polar surface area (TPSA) is 38.9 Å². The molecule has 1 heterocycles. The van der Waals surface area contributed by atoms with Gasteiger partial charge in [0.2, 0.25) is 0 Å². The van der Waals surface area contributed by atoms with Gasteiger partial charge in [0.1, 0.15) is 0 Å². The highest BCUT2D eigenvalue weighted by molar-refractivity contribution is 5.33. The van der Waals surface area contributed by atoms with Crippen LogP contribution in [0, 0.1) is 5.41 Å². The molecule has 2 nitrogen and oxygen atoms in total. The Labute approximate surface area is 72.8 Å². The van der Waals surface area contributed by atoms with E-state index in [1.165, 1.54) is 5.56 Å². The van der Waals surface area contributed by atoms with Gasteiger partial charge >= 0.3 is 0 Å². The van der Waals surface area contributed by atoms with Crippen molar-refractivity contribution < 1.29 is 0 Å². The molecule has 2 rings (SSSR count). The molecule has 1 saturated carbocycles. The summed E-state index contributed by atoms with van der Waals surface area (Å²) in [5, 5.41) is 0. The molecule has 64 valence electrons. The average Bonchev–Trinajstić information content (AvgIpc) is 2.55. The molecule has 0 aliphatic heterocycles. The van der Waals surface area contributed by atoms with Crippen molar-refractivity contribution in [1.82, 2.24) is 4.98 Å². The Morgan fingerprint density at radius 1 is 1.33 bits per heavy atom. The number of rotatable bonds is 1. The van der Waals surface area contributed by atoms with E-state index in [1.807, 2.05) is 12.1 Å². The lowest BCUT2D eigenvalue weighted by Gasteiger charge is -2.14. The highest BCUT2D eigenvalue weighted by Crippen LogP contribution is 2.60. The summed E-state index contributed by atoms with van der Waals surface area (Å²) in [5.74, 6) is 0. The SMILES string of the molecule is CC1(C)CC1(N)c1ccncc1. The molecular weight excluding hydrogens is 148 g/mol. The normalized spacial score (nSPS) is 31.6. The average molecular weight is 162 g/mol. The molecule has 0 spiro atoms. The van der Waals surface area contributed by atoms with Crippen LogP contribution < -0.4 is 5.73 Å². The second kappa shape index (κ2) is 2.07. The number of nitrogens with two attached hydrogens (primary N) is 1. The van der Waals surface area contributed by atoms with Crippen molar-refractivity contribution in [2.45, 2.75) is 25.8 Å². The lowest BCUT2D eigenvalue weighted by molar-refractivity contribution is 0.509. The third kappa shape index (κ3) is 0.879. The quantitative estimate of drug-likeness (QED) is 0.682. The van der Waals surface area contributed by atoms with Crippen LogP contribution >= 0.6 is 0 Å². The van der Waals surface area contributed by atoms with Crippen LogP contribution in [0.5, 0.6) is 0 Å². The summed E-state index contributed by atoms with van der Waals surface area (Å²) < 4.78 is 0. The summed E-state index contributed by atoms with van der Waals surface area (Å²) >= 11 is 0. The zero-order valence-corrected chi connectivity index (χ0v) is 7.54. The Kier molecular flexibility index (Phi) is 1.34. The Morgan fingerprint density at radius 3 is 2.25 bits per heavy atom. The zero-order chi connectivity index (χ0) is 8.82. The zero-order valence-electron chi connectivity index (χ0n) is 7.54. The summed E-state index contributed by atoms with van der Waals surface area (Å²) in [5.41, 5.74) is 7.59. The van der Waals surface area contributed by atoms with Crippen LogP contribution in [0.4, 0.5) is 0 Å². The Morgan fingerprint density at radius 2 is 1.83 bits per heavy atom. The largest absolute Gasteiger partial charge is 0.321 e. The van der Waals surface area contributed by atoms with Crippen LogP contribution in [0.15, 0.2) is 24.5 Å². The van der Waals surface area contributed by atoms with Gasteiger partial charge in [-0.2, -0.15) is 0 Å². The number of pyridine rings is 1. The highest BCUT2D eigenvalue weighted by atomic mass is 14.9. The Balaban J connectivity index is 2.35. The van der Waals surface area contributed by atoms with E-state index in [9.17, 15) is 0 Å². The fourth-order valence-electron chi connectivity index (χ4n) is 1.80. The predicted molar refractivity (Wildman–Crippen MR) is 48.5 cm³/mol. The van der Waals surface area contributed by atoms with Gasteiger partial charge in [0.15, 0.2) is 0 Å². The molecule has 0 amide bonds. The van der Waals surface area contributed by atoms with Crippen molar-refractivity contribution in [3.8, 4) is 0 Å². The van der Waals surface area contributed by atoms with Gasteiger partial charge in [0.05, 0.1) is 0 Å². The molecule has 2 N–H and O–H groups in total. The first-order valence-electron chi connectivity index (χ1n) is 4.26. The first-order valence-corrected chi connectivity index (χ1v) is 4.26. The third-order valence-corrected chi connectivity index (χ3v) is 3.00. The van der Waals surface area contributed by atoms with Crippen LogP contribution in [0.3, 0.4) is 0 Å². The first kappa shape index (κ1) is 7.74. The van der Waals surface area contributed by atoms with E-state index in [0.29, 0.717) is 0 Å². The van der Waals surface area contributed by atoms with Crippen molar-refractivity contribution in [2.24, 2.45) is 11.1 Å². The summed E-state index contributed by atoms with van der Waals surface area (Å²) in [6, 6.07) is 4.02. The molecule has 2 heteroatoms. The van der Waals surface area contributed by atoms with E-state index in [4.69, 9.17) is 5.73 Å². The molecule has 1 aromatic rings. The van der Waals surface area contributed by atoms with Crippen molar-refractivity contribution in [2.75, 3.05) is 0 Å². The maximum Gasteiger partial charge on any atom is 0.0469 e. The van der Waals surface area contributed by atoms with E-state index in [-0.39, 0.29) is 11.0 Å². The van der Waals surface area contributed by atoms with Crippen LogP contribution in [0.1, 0.15) is 25.8 Å². The van der Waals surface area contributed by atoms with Gasteiger partial charge in [0.25, 0.3) is 0 Å². The molecule has 1 aliphatic carbocycles. The lowest BCUT2D eigenvalue weighted by atomic mass is 9.98. The fraction of sp³-hybridized carbons (Fsp3) is 0.500. The summed E-state index contributed by atoms with van der Waals surface area (Å²) in [7, 11) is 0. The number of aromatic nitrogens is 1. The van der Waals surface area contributed by atoms with E-state index in [0.717, 1.165) is 6.42 Å². The van der Waals surface area contributed by atoms with Gasteiger partial charge in [-0.15, -0.1) is 0 Å². The molecule has 1 fully saturated rings. The second-order valence-electron chi connectivity index (χ2n) is 4.27. The standard InChI is InChI=1S/C10H14N2/c1-9(2)7-10(9,11)8-3-5-12-6-4-8/h3-6H,7,11H2,1-2H3. The van der Waals surface area contributed by atoms with Crippen molar-refractivity contribution in [1.29, 1.82) is 0 Å². The van der Waals surface area contributed by atoms with Gasteiger partial charge in [-0.3, -0.25) is 4.98 Å². The molecule has 1 unspecified atom stereocenters. The van der Waals surface area contributed by atoms with E-state index < -0.39 is 0 Å². The van der Waals surface area contributed by atoms with E-state index in [2.05, 4.69) is 18.8 Å². The number of nitrogens with zero attached hydrogens (tertiary/aromatic N) is 1. The smallest absolute Gasteiger partial charge is 0.0469 e. The second-order valence-corrected chi connectivity index (χ2v) is 4.27. The minimum atomic E-state index is -0.101. The molecule has 0 bridgehead atoms. The summed E-state index contributed by atoms with van der Waals surface area (Å²) in [4.78, 5) is 3.98. The molecular formula is C10H14N2. The predicted octanol–water partition coefficient (Wildman–Crippen LogP) is 1.67. The monoisotopic (exact) mass is 162 g/mol. The van der Waals surface area contributed by atoms with Gasteiger partial charge < -0.3 is 5.73 Å². The van der Waals surface area contributed by atoms with Crippen LogP contribution in [0.2, 0.25) is 0 Å². The van der Waals surface area contributed by atoms with Crippen LogP contribution in [-0.2, 0) is 5.54 Å². The van der Waals surface area contributed by atoms with Gasteiger partial charge in [-0.05, 0) is 29.5 Å². The highest BCUT2D eigenvalue weighted by Gasteiger charge is 2.59. The summed E-state index contributed by atoms with van der Waals surface area (Å²) in [6.45, 7) is 4.40. The van der Waals surface area contributed by atoms with Crippen molar-refractivity contribution >= 4 is 0 Å². The van der Waals surface area contributed by atoms with Gasteiger partial charge in [-0.1, -0.05) is 13.8 Å². The molecule has 0 saturated heterocycles. The Bertz CT molecular complexity index is 292. The summed E-state index contributed by atoms with van der Waals surface area (Å²) in [6.07, 6.45) is 4.68. The lowest BCUT2D eigenvalue weighted by Crippen LogP contribution is -2.25.